The second-order valence-corrected chi connectivity index (χ2v) is 11.7. The van der Waals surface area contributed by atoms with E-state index >= 15 is 0 Å². The molecule has 3 aliphatic rings. The molecular formula is C29H34N2O5S. The molecule has 2 aromatic rings. The highest BCUT2D eigenvalue weighted by Crippen LogP contribution is 2.68. The highest BCUT2D eigenvalue weighted by Gasteiger charge is 2.76. The zero-order valence-electron chi connectivity index (χ0n) is 21.3. The quantitative estimate of drug-likeness (QED) is 0.400. The van der Waals surface area contributed by atoms with Crippen LogP contribution in [0.25, 0.3) is 10.8 Å². The van der Waals surface area contributed by atoms with Crippen molar-refractivity contribution in [3.05, 3.63) is 55.1 Å². The van der Waals surface area contributed by atoms with E-state index in [1.807, 2.05) is 42.5 Å². The van der Waals surface area contributed by atoms with E-state index in [4.69, 9.17) is 4.74 Å². The van der Waals surface area contributed by atoms with Gasteiger partial charge in [0.25, 0.3) is 5.91 Å². The van der Waals surface area contributed by atoms with Crippen molar-refractivity contribution in [2.45, 2.75) is 42.7 Å². The van der Waals surface area contributed by atoms with Crippen LogP contribution in [0.2, 0.25) is 0 Å². The molecule has 3 heterocycles. The van der Waals surface area contributed by atoms with E-state index in [0.717, 1.165) is 22.9 Å². The number of carbonyl (C=O) groups is 3. The van der Waals surface area contributed by atoms with Gasteiger partial charge < -0.3 is 19.6 Å². The van der Waals surface area contributed by atoms with E-state index in [1.54, 1.807) is 34.6 Å². The Balaban J connectivity index is 1.59. The van der Waals surface area contributed by atoms with Crippen LogP contribution in [0, 0.1) is 17.8 Å². The van der Waals surface area contributed by atoms with Crippen LogP contribution in [-0.2, 0) is 19.1 Å². The Morgan fingerprint density at radius 1 is 1.27 bits per heavy atom. The number of esters is 1. The minimum absolute atomic E-state index is 0.0492. The zero-order valence-corrected chi connectivity index (χ0v) is 22.2. The average molecular weight is 523 g/mol. The summed E-state index contributed by atoms with van der Waals surface area (Å²) in [5.41, 5.74) is 0.741. The fourth-order valence-electron chi connectivity index (χ4n) is 6.73. The lowest BCUT2D eigenvalue weighted by Crippen LogP contribution is -2.57. The summed E-state index contributed by atoms with van der Waals surface area (Å²) in [6.07, 6.45) is 2.82. The minimum Gasteiger partial charge on any atom is -0.466 e. The molecule has 0 saturated carbocycles. The Hall–Kier alpha value is -2.84. The Labute approximate surface area is 221 Å². The van der Waals surface area contributed by atoms with E-state index < -0.39 is 22.6 Å². The number of rotatable bonds is 9. The first-order valence-corrected chi connectivity index (χ1v) is 13.9. The second kappa shape index (κ2) is 10.1. The van der Waals surface area contributed by atoms with Crippen LogP contribution in [0.3, 0.4) is 0 Å². The molecule has 1 spiro atoms. The number of carbonyl (C=O) groups excluding carboxylic acids is 3. The SMILES string of the molecule is C=CCN(C(=O)C1N(CCCO)C(=O)[C@@H]2[C@H](C(=O)OCC)[C@@H]3CC(C)C12S3)c1ccc2ccccc2c1. The highest BCUT2D eigenvalue weighted by molar-refractivity contribution is 8.02. The van der Waals surface area contributed by atoms with Crippen molar-refractivity contribution in [2.75, 3.05) is 31.2 Å². The van der Waals surface area contributed by atoms with Crippen molar-refractivity contribution >= 4 is 46.0 Å². The van der Waals surface area contributed by atoms with Gasteiger partial charge in [0.1, 0.15) is 6.04 Å². The maximum Gasteiger partial charge on any atom is 0.310 e. The molecule has 3 aliphatic heterocycles. The van der Waals surface area contributed by atoms with Crippen LogP contribution in [0.5, 0.6) is 0 Å². The summed E-state index contributed by atoms with van der Waals surface area (Å²) in [6, 6.07) is 13.2. The molecule has 3 saturated heterocycles. The van der Waals surface area contributed by atoms with Gasteiger partial charge >= 0.3 is 5.97 Å². The van der Waals surface area contributed by atoms with Gasteiger partial charge in [-0.25, -0.2) is 0 Å². The Morgan fingerprint density at radius 2 is 2.03 bits per heavy atom. The molecule has 0 aliphatic carbocycles. The monoisotopic (exact) mass is 522 g/mol. The predicted octanol–water partition coefficient (Wildman–Crippen LogP) is 3.64. The molecule has 0 aromatic heterocycles. The molecule has 7 nitrogen and oxygen atoms in total. The summed E-state index contributed by atoms with van der Waals surface area (Å²) in [5, 5.41) is 11.6. The molecule has 196 valence electrons. The molecule has 37 heavy (non-hydrogen) atoms. The first kappa shape index (κ1) is 25.8. The largest absolute Gasteiger partial charge is 0.466 e. The topological polar surface area (TPSA) is 87.2 Å². The van der Waals surface area contributed by atoms with E-state index in [0.29, 0.717) is 13.0 Å². The first-order chi connectivity index (χ1) is 17.9. The van der Waals surface area contributed by atoms with Gasteiger partial charge in [0, 0.05) is 30.6 Å². The summed E-state index contributed by atoms with van der Waals surface area (Å²) in [5.74, 6) is -1.80. The number of aliphatic hydroxyl groups is 1. The lowest BCUT2D eigenvalue weighted by Gasteiger charge is -2.40. The summed E-state index contributed by atoms with van der Waals surface area (Å²) in [6.45, 7) is 8.47. The number of hydrogen-bond donors (Lipinski definition) is 1. The maximum absolute atomic E-state index is 14.6. The first-order valence-electron chi connectivity index (χ1n) is 13.1. The number of amides is 2. The van der Waals surface area contributed by atoms with Crippen molar-refractivity contribution < 1.29 is 24.2 Å². The van der Waals surface area contributed by atoms with Crippen LogP contribution in [-0.4, -0.2) is 70.1 Å². The fourth-order valence-corrected chi connectivity index (χ4v) is 9.13. The normalized spacial score (nSPS) is 30.0. The van der Waals surface area contributed by atoms with Gasteiger partial charge in [-0.15, -0.1) is 18.3 Å². The summed E-state index contributed by atoms with van der Waals surface area (Å²) in [7, 11) is 0. The summed E-state index contributed by atoms with van der Waals surface area (Å²) >= 11 is 1.63. The van der Waals surface area contributed by atoms with Crippen LogP contribution in [0.15, 0.2) is 55.1 Å². The van der Waals surface area contributed by atoms with Gasteiger partial charge in [-0.1, -0.05) is 43.3 Å². The standard InChI is InChI=1S/C29H34N2O5S/c1-4-13-30(21-12-11-19-9-6-7-10-20(19)17-21)27(34)25-29-18(3)16-22(37-29)23(28(35)36-5-2)24(29)26(33)31(25)14-8-15-32/h4,6-7,9-12,17-18,22-25,32H,1,5,8,13-16H2,2-3H3/t18?,22-,23+,24-,25?,29?/m0/s1. The molecule has 3 fully saturated rings. The van der Waals surface area contributed by atoms with Gasteiger partial charge in [0.2, 0.25) is 5.91 Å². The minimum atomic E-state index is -0.743. The lowest BCUT2D eigenvalue weighted by molar-refractivity contribution is -0.154. The van der Waals surface area contributed by atoms with Crippen LogP contribution in [0.1, 0.15) is 26.7 Å². The summed E-state index contributed by atoms with van der Waals surface area (Å²) in [4.78, 5) is 44.9. The number of likely N-dealkylation sites (tertiary alicyclic amines) is 1. The van der Waals surface area contributed by atoms with E-state index in [-0.39, 0.29) is 48.7 Å². The third kappa shape index (κ3) is 3.96. The lowest BCUT2D eigenvalue weighted by atomic mass is 9.66. The molecule has 2 amide bonds. The third-order valence-electron chi connectivity index (χ3n) is 8.22. The number of anilines is 1. The highest BCUT2D eigenvalue weighted by atomic mass is 32.2. The van der Waals surface area contributed by atoms with E-state index in [2.05, 4.69) is 13.5 Å². The van der Waals surface area contributed by atoms with Crippen molar-refractivity contribution in [3.63, 3.8) is 0 Å². The van der Waals surface area contributed by atoms with Crippen molar-refractivity contribution in [1.82, 2.24) is 4.90 Å². The van der Waals surface area contributed by atoms with Gasteiger partial charge in [-0.2, -0.15) is 0 Å². The average Bonchev–Trinajstić information content (AvgIpc) is 3.49. The predicted molar refractivity (Wildman–Crippen MR) is 145 cm³/mol. The Kier molecular flexibility index (Phi) is 7.07. The van der Waals surface area contributed by atoms with Gasteiger partial charge in [0.15, 0.2) is 0 Å². The molecule has 1 N–H and O–H groups in total. The number of fused-ring (bicyclic) bond motifs is 2. The molecule has 8 heteroatoms. The summed E-state index contributed by atoms with van der Waals surface area (Å²) < 4.78 is 4.68. The van der Waals surface area contributed by atoms with E-state index in [9.17, 15) is 19.5 Å². The van der Waals surface area contributed by atoms with Crippen molar-refractivity contribution in [2.24, 2.45) is 17.8 Å². The number of nitrogens with zero attached hydrogens (tertiary/aromatic N) is 2. The van der Waals surface area contributed by atoms with Crippen LogP contribution < -0.4 is 4.90 Å². The molecule has 0 radical (unpaired) electrons. The number of thioether (sulfide) groups is 1. The third-order valence-corrected chi connectivity index (χ3v) is 10.3. The van der Waals surface area contributed by atoms with Gasteiger partial charge in [-0.3, -0.25) is 14.4 Å². The molecule has 2 bridgehead atoms. The molecule has 6 atom stereocenters. The van der Waals surface area contributed by atoms with Gasteiger partial charge in [0.05, 0.1) is 23.2 Å². The molecular weight excluding hydrogens is 488 g/mol. The molecule has 5 rings (SSSR count). The van der Waals surface area contributed by atoms with Gasteiger partial charge in [-0.05, 0) is 48.6 Å². The number of hydrogen-bond acceptors (Lipinski definition) is 6. The maximum atomic E-state index is 14.6. The fraction of sp³-hybridized carbons (Fsp3) is 0.483. The molecule has 2 aromatic carbocycles. The van der Waals surface area contributed by atoms with E-state index in [1.165, 1.54) is 0 Å². The number of aliphatic hydroxyl groups excluding tert-OH is 1. The molecule has 3 unspecified atom stereocenters. The van der Waals surface area contributed by atoms with Crippen molar-refractivity contribution in [1.29, 1.82) is 0 Å². The Bertz CT molecular complexity index is 1230. The zero-order chi connectivity index (χ0) is 26.3. The number of benzene rings is 2. The second-order valence-electron chi connectivity index (χ2n) is 10.2. The smallest absolute Gasteiger partial charge is 0.310 e. The Morgan fingerprint density at radius 3 is 2.73 bits per heavy atom. The number of ether oxygens (including phenoxy) is 1. The van der Waals surface area contributed by atoms with Crippen LogP contribution >= 0.6 is 11.8 Å². The van der Waals surface area contributed by atoms with Crippen LogP contribution in [0.4, 0.5) is 5.69 Å². The van der Waals surface area contributed by atoms with Crippen molar-refractivity contribution in [3.8, 4) is 0 Å².